The number of anilines is 1. The van der Waals surface area contributed by atoms with Crippen LogP contribution in [0.25, 0.3) is 0 Å². The predicted octanol–water partition coefficient (Wildman–Crippen LogP) is 2.14. The van der Waals surface area contributed by atoms with Gasteiger partial charge in [-0.25, -0.2) is 0 Å². The van der Waals surface area contributed by atoms with E-state index in [1.807, 2.05) is 18.2 Å². The normalized spacial score (nSPS) is 30.4. The molecule has 1 saturated heterocycles. The number of carbonyl (C=O) groups is 1. The average Bonchev–Trinajstić information content (AvgIpc) is 2.65. The highest BCUT2D eigenvalue weighted by Crippen LogP contribution is 2.30. The number of likely N-dealkylation sites (tertiary alicyclic amines) is 1. The molecule has 4 heteroatoms. The van der Waals surface area contributed by atoms with Crippen molar-refractivity contribution in [2.24, 2.45) is 5.73 Å². The maximum Gasteiger partial charge on any atom is 0.241 e. The van der Waals surface area contributed by atoms with E-state index in [1.165, 1.54) is 12.0 Å². The van der Waals surface area contributed by atoms with E-state index >= 15 is 0 Å². The molecule has 4 nitrogen and oxygen atoms in total. The van der Waals surface area contributed by atoms with Gasteiger partial charge in [0.2, 0.25) is 5.91 Å². The van der Waals surface area contributed by atoms with Gasteiger partial charge in [-0.3, -0.25) is 9.69 Å². The van der Waals surface area contributed by atoms with Crippen molar-refractivity contribution >= 4 is 11.6 Å². The van der Waals surface area contributed by atoms with Crippen LogP contribution < -0.4 is 11.1 Å². The Morgan fingerprint density at radius 2 is 2.10 bits per heavy atom. The van der Waals surface area contributed by atoms with Crippen molar-refractivity contribution in [3.05, 3.63) is 29.8 Å². The molecule has 0 aliphatic carbocycles. The van der Waals surface area contributed by atoms with Crippen LogP contribution in [0.4, 0.5) is 5.69 Å². The summed E-state index contributed by atoms with van der Waals surface area (Å²) >= 11 is 0. The molecule has 2 heterocycles. The number of carbonyl (C=O) groups excluding carboxylic acids is 1. The fraction of sp³-hybridized carbons (Fsp3) is 0.588. The van der Waals surface area contributed by atoms with Crippen LogP contribution >= 0.6 is 0 Å². The number of hydrogen-bond acceptors (Lipinski definition) is 3. The Morgan fingerprint density at radius 1 is 1.29 bits per heavy atom. The second kappa shape index (κ2) is 6.16. The highest BCUT2D eigenvalue weighted by molar-refractivity contribution is 5.96. The van der Waals surface area contributed by atoms with E-state index in [0.29, 0.717) is 18.6 Å². The molecular weight excluding hydrogens is 262 g/mol. The van der Waals surface area contributed by atoms with Gasteiger partial charge < -0.3 is 11.1 Å². The molecule has 0 saturated carbocycles. The van der Waals surface area contributed by atoms with Crippen molar-refractivity contribution in [2.45, 2.75) is 57.2 Å². The van der Waals surface area contributed by atoms with Gasteiger partial charge in [-0.15, -0.1) is 0 Å². The predicted molar refractivity (Wildman–Crippen MR) is 85.2 cm³/mol. The molecule has 3 atom stereocenters. The smallest absolute Gasteiger partial charge is 0.241 e. The molecule has 114 valence electrons. The van der Waals surface area contributed by atoms with Crippen LogP contribution in [0.2, 0.25) is 0 Å². The number of nitrogens with zero attached hydrogens (tertiary/aromatic N) is 1. The van der Waals surface area contributed by atoms with Crippen molar-refractivity contribution in [3.63, 3.8) is 0 Å². The summed E-state index contributed by atoms with van der Waals surface area (Å²) in [6.45, 7) is 2.87. The molecule has 3 N–H and O–H groups in total. The molecular formula is C17H25N3O. The minimum absolute atomic E-state index is 0.0544. The standard InChI is InChI=1S/C17H25N3O/c1-12-5-4-7-14(11-18)20(12)16-10-9-13-6-2-3-8-15(13)19-17(16)21/h2-3,6,8,12,14,16H,4-5,7,9-11,18H2,1H3,(H,19,21). The molecule has 3 rings (SSSR count). The van der Waals surface area contributed by atoms with Crippen molar-refractivity contribution in [2.75, 3.05) is 11.9 Å². The zero-order valence-electron chi connectivity index (χ0n) is 12.7. The number of nitrogens with one attached hydrogen (secondary N) is 1. The third-order valence-corrected chi connectivity index (χ3v) is 4.99. The van der Waals surface area contributed by atoms with Crippen LogP contribution in [0.1, 0.15) is 38.2 Å². The molecule has 2 aliphatic rings. The van der Waals surface area contributed by atoms with Crippen LogP contribution in [-0.2, 0) is 11.2 Å². The van der Waals surface area contributed by atoms with Gasteiger partial charge in [0.25, 0.3) is 0 Å². The minimum atomic E-state index is -0.0544. The number of amides is 1. The zero-order valence-corrected chi connectivity index (χ0v) is 12.7. The topological polar surface area (TPSA) is 58.4 Å². The van der Waals surface area contributed by atoms with Gasteiger partial charge in [-0.05, 0) is 44.2 Å². The summed E-state index contributed by atoms with van der Waals surface area (Å²) in [4.78, 5) is 15.1. The Hall–Kier alpha value is -1.39. The molecule has 1 fully saturated rings. The Kier molecular flexibility index (Phi) is 4.27. The molecule has 1 amide bonds. The summed E-state index contributed by atoms with van der Waals surface area (Å²) in [5.74, 6) is 0.132. The minimum Gasteiger partial charge on any atom is -0.329 e. The SMILES string of the molecule is CC1CCCC(CN)N1C1CCc2ccccc2NC1=O. The fourth-order valence-corrected chi connectivity index (χ4v) is 3.89. The lowest BCUT2D eigenvalue weighted by Crippen LogP contribution is -2.57. The van der Waals surface area contributed by atoms with Gasteiger partial charge in [0.05, 0.1) is 6.04 Å². The summed E-state index contributed by atoms with van der Waals surface area (Å²) in [5.41, 5.74) is 8.17. The Labute approximate surface area is 126 Å². The third-order valence-electron chi connectivity index (χ3n) is 4.99. The zero-order chi connectivity index (χ0) is 14.8. The van der Waals surface area contributed by atoms with Gasteiger partial charge in [0, 0.05) is 24.3 Å². The molecule has 0 bridgehead atoms. The van der Waals surface area contributed by atoms with Gasteiger partial charge in [0.15, 0.2) is 0 Å². The lowest BCUT2D eigenvalue weighted by Gasteiger charge is -2.44. The second-order valence-electron chi connectivity index (χ2n) is 6.32. The van der Waals surface area contributed by atoms with Gasteiger partial charge in [-0.2, -0.15) is 0 Å². The lowest BCUT2D eigenvalue weighted by molar-refractivity contribution is -0.124. The van der Waals surface area contributed by atoms with Gasteiger partial charge in [-0.1, -0.05) is 24.6 Å². The number of hydrogen-bond donors (Lipinski definition) is 2. The Morgan fingerprint density at radius 3 is 2.90 bits per heavy atom. The highest BCUT2D eigenvalue weighted by atomic mass is 16.2. The maximum atomic E-state index is 12.7. The molecule has 21 heavy (non-hydrogen) atoms. The van der Waals surface area contributed by atoms with E-state index in [1.54, 1.807) is 0 Å². The number of nitrogens with two attached hydrogens (primary N) is 1. The first kappa shape index (κ1) is 14.5. The van der Waals surface area contributed by atoms with E-state index in [0.717, 1.165) is 31.4 Å². The van der Waals surface area contributed by atoms with Crippen LogP contribution in [0.5, 0.6) is 0 Å². The highest BCUT2D eigenvalue weighted by Gasteiger charge is 2.37. The summed E-state index contributed by atoms with van der Waals surface area (Å²) in [5, 5.41) is 3.11. The van der Waals surface area contributed by atoms with E-state index in [2.05, 4.69) is 23.2 Å². The number of benzene rings is 1. The molecule has 3 unspecified atom stereocenters. The molecule has 1 aromatic rings. The lowest BCUT2D eigenvalue weighted by atomic mass is 9.92. The van der Waals surface area contributed by atoms with Crippen molar-refractivity contribution in [1.82, 2.24) is 4.90 Å². The average molecular weight is 287 g/mol. The Bertz CT molecular complexity index is 517. The van der Waals surface area contributed by atoms with E-state index in [9.17, 15) is 4.79 Å². The molecule has 0 aromatic heterocycles. The van der Waals surface area contributed by atoms with Gasteiger partial charge in [0.1, 0.15) is 0 Å². The molecule has 2 aliphatic heterocycles. The van der Waals surface area contributed by atoms with Crippen LogP contribution in [0.3, 0.4) is 0 Å². The van der Waals surface area contributed by atoms with Crippen LogP contribution in [0.15, 0.2) is 24.3 Å². The molecule has 0 radical (unpaired) electrons. The fourth-order valence-electron chi connectivity index (χ4n) is 3.89. The molecule has 0 spiro atoms. The summed E-state index contributed by atoms with van der Waals surface area (Å²) in [7, 11) is 0. The van der Waals surface area contributed by atoms with E-state index in [-0.39, 0.29) is 11.9 Å². The second-order valence-corrected chi connectivity index (χ2v) is 6.32. The molecule has 1 aromatic carbocycles. The van der Waals surface area contributed by atoms with Crippen molar-refractivity contribution in [3.8, 4) is 0 Å². The Balaban J connectivity index is 1.84. The van der Waals surface area contributed by atoms with Crippen LogP contribution in [0, 0.1) is 0 Å². The van der Waals surface area contributed by atoms with E-state index in [4.69, 9.17) is 5.73 Å². The first-order valence-electron chi connectivity index (χ1n) is 8.07. The van der Waals surface area contributed by atoms with Gasteiger partial charge >= 0.3 is 0 Å². The summed E-state index contributed by atoms with van der Waals surface area (Å²) < 4.78 is 0. The number of fused-ring (bicyclic) bond motifs is 1. The summed E-state index contributed by atoms with van der Waals surface area (Å²) in [6, 6.07) is 8.84. The number of piperidine rings is 1. The third kappa shape index (κ3) is 2.83. The largest absolute Gasteiger partial charge is 0.329 e. The number of para-hydroxylation sites is 1. The number of rotatable bonds is 2. The van der Waals surface area contributed by atoms with Crippen molar-refractivity contribution < 1.29 is 4.79 Å². The first-order valence-corrected chi connectivity index (χ1v) is 8.07. The quantitative estimate of drug-likeness (QED) is 0.876. The summed E-state index contributed by atoms with van der Waals surface area (Å²) in [6.07, 6.45) is 5.31. The maximum absolute atomic E-state index is 12.7. The number of aryl methyl sites for hydroxylation is 1. The van der Waals surface area contributed by atoms with Crippen LogP contribution in [-0.4, -0.2) is 35.5 Å². The first-order chi connectivity index (χ1) is 10.2. The monoisotopic (exact) mass is 287 g/mol. The van der Waals surface area contributed by atoms with Crippen molar-refractivity contribution in [1.29, 1.82) is 0 Å². The van der Waals surface area contributed by atoms with E-state index < -0.39 is 0 Å².